The van der Waals surface area contributed by atoms with Gasteiger partial charge in [0, 0.05) is 35.4 Å². The van der Waals surface area contributed by atoms with Crippen molar-refractivity contribution in [2.45, 2.75) is 104 Å². The van der Waals surface area contributed by atoms with Crippen LogP contribution in [0.4, 0.5) is 4.79 Å². The van der Waals surface area contributed by atoms with Crippen molar-refractivity contribution >= 4 is 29.5 Å². The first-order valence-corrected chi connectivity index (χ1v) is 11.8. The summed E-state index contributed by atoms with van der Waals surface area (Å²) in [5.41, 5.74) is -3.06. The predicted octanol–water partition coefficient (Wildman–Crippen LogP) is 1.71. The van der Waals surface area contributed by atoms with Gasteiger partial charge in [-0.2, -0.15) is 0 Å². The number of likely N-dealkylation sites (tertiary alicyclic amines) is 1. The Hall–Kier alpha value is -2.65. The van der Waals surface area contributed by atoms with Crippen LogP contribution < -0.4 is 21.7 Å². The lowest BCUT2D eigenvalue weighted by atomic mass is 9.80. The molecule has 5 N–H and O–H groups in total. The van der Waals surface area contributed by atoms with Crippen LogP contribution in [0.25, 0.3) is 0 Å². The quantitative estimate of drug-likeness (QED) is 0.348. The highest BCUT2D eigenvalue weighted by molar-refractivity contribution is 6.37. The zero-order valence-corrected chi connectivity index (χ0v) is 20.8. The van der Waals surface area contributed by atoms with Gasteiger partial charge in [-0.15, -0.1) is 0 Å². The minimum absolute atomic E-state index is 0.0704. The Labute approximate surface area is 245 Å². The fourth-order valence-corrected chi connectivity index (χ4v) is 4.53. The van der Waals surface area contributed by atoms with Gasteiger partial charge in [0.15, 0.2) is 0 Å². The van der Waals surface area contributed by atoms with E-state index in [0.717, 1.165) is 0 Å². The van der Waals surface area contributed by atoms with Crippen molar-refractivity contribution in [3.63, 3.8) is 0 Å². The van der Waals surface area contributed by atoms with Gasteiger partial charge >= 0.3 is 6.03 Å². The number of nitrogens with one attached hydrogen (secondary N) is 3. The van der Waals surface area contributed by atoms with Crippen molar-refractivity contribution < 1.29 is 48.6 Å². The highest BCUT2D eigenvalue weighted by Crippen LogP contribution is 2.65. The van der Waals surface area contributed by atoms with Gasteiger partial charge in [-0.05, 0) is 55.7 Å². The number of fused-ring (bicyclic) bond motifs is 1. The summed E-state index contributed by atoms with van der Waals surface area (Å²) in [6.45, 7) is -16.3. The van der Waals surface area contributed by atoms with Crippen molar-refractivity contribution in [1.29, 1.82) is 0 Å². The maximum atomic E-state index is 14.8. The number of hydrogen-bond donors (Lipinski definition) is 4. The van der Waals surface area contributed by atoms with Crippen LogP contribution >= 0.6 is 0 Å². The van der Waals surface area contributed by atoms with Crippen molar-refractivity contribution in [3.8, 4) is 0 Å². The van der Waals surface area contributed by atoms with Crippen LogP contribution in [0.3, 0.4) is 0 Å². The normalized spacial score (nSPS) is 36.4. The van der Waals surface area contributed by atoms with Crippen LogP contribution in [-0.2, 0) is 19.2 Å². The Morgan fingerprint density at radius 2 is 1.78 bits per heavy atom. The second-order valence-electron chi connectivity index (χ2n) is 10.9. The average molecular weight is 538 g/mol. The zero-order chi connectivity index (χ0) is 43.3. The Kier molecular flexibility index (Phi) is 3.46. The van der Waals surface area contributed by atoms with Crippen LogP contribution in [0.15, 0.2) is 0 Å². The Morgan fingerprint density at radius 3 is 2.27 bits per heavy atom. The van der Waals surface area contributed by atoms with Gasteiger partial charge < -0.3 is 26.6 Å². The van der Waals surface area contributed by atoms with Crippen LogP contribution in [0.1, 0.15) is 105 Å². The molecule has 5 atom stereocenters. The molecule has 10 nitrogen and oxygen atoms in total. The molecule has 1 aliphatic heterocycles. The summed E-state index contributed by atoms with van der Waals surface area (Å²) in [7, 11) is 0. The summed E-state index contributed by atoms with van der Waals surface area (Å²) in [6.07, 6.45) is -2.52. The predicted molar refractivity (Wildman–Crippen MR) is 139 cm³/mol. The number of rotatable bonds is 8. The Bertz CT molecular complexity index is 1530. The first-order valence-electron chi connectivity index (χ1n) is 20.8. The van der Waals surface area contributed by atoms with E-state index in [1.54, 1.807) is 5.32 Å². The number of piperidine rings is 1. The highest BCUT2D eigenvalue weighted by Gasteiger charge is 2.70. The molecule has 0 aromatic heterocycles. The third-order valence-electron chi connectivity index (χ3n) is 6.65. The lowest BCUT2D eigenvalue weighted by Gasteiger charge is -2.38. The molecule has 3 aliphatic rings. The standard InChI is InChI=1S/C27H45N5O5/c1-25(2,3)20(30-24(37)31-26(4,5)6)23(36)32-13-15-17(27(15,7)8)18(32)22(35)29-16(19(33)21(28)34)12-14-10-9-11-14/h14-18,20H,9-13H2,1-8H3,(H2,28,34)(H,29,35)(H2,30,31,37)/t15-,16+,17-,18-,20+/m0/s1/i1D3,2D3,3D3,7D3,8D3,12D2,16D. The van der Waals surface area contributed by atoms with Crippen LogP contribution in [-0.4, -0.2) is 64.6 Å². The smallest absolute Gasteiger partial charge is 0.315 e. The van der Waals surface area contributed by atoms with Crippen molar-refractivity contribution in [1.82, 2.24) is 20.9 Å². The first-order chi connectivity index (χ1) is 24.2. The summed E-state index contributed by atoms with van der Waals surface area (Å²) in [5.74, 6) is -12.5. The minimum Gasteiger partial charge on any atom is -0.363 e. The van der Waals surface area contributed by atoms with Crippen molar-refractivity contribution in [3.05, 3.63) is 0 Å². The molecule has 0 unspecified atom stereocenters. The molecule has 5 amide bonds. The Balaban J connectivity index is 2.38. The van der Waals surface area contributed by atoms with Gasteiger partial charge in [0.1, 0.15) is 12.1 Å². The van der Waals surface area contributed by atoms with Gasteiger partial charge in [-0.1, -0.05) is 53.5 Å². The first kappa shape index (κ1) is 12.9. The van der Waals surface area contributed by atoms with Gasteiger partial charge in [0.2, 0.25) is 17.6 Å². The lowest BCUT2D eigenvalue weighted by Crippen LogP contribution is -2.62. The molecule has 10 heteroatoms. The molecular weight excluding hydrogens is 474 g/mol. The summed E-state index contributed by atoms with van der Waals surface area (Å²) in [5, 5.41) is 5.84. The number of carbonyl (C=O) groups excluding carboxylic acids is 5. The molecule has 208 valence electrons. The third-order valence-corrected chi connectivity index (χ3v) is 6.65. The third kappa shape index (κ3) is 6.26. The molecule has 3 rings (SSSR count). The number of ketones is 1. The minimum atomic E-state index is -4.18. The molecule has 0 aromatic rings. The molecular formula is C27H45N5O5. The molecule has 0 bridgehead atoms. The molecule has 1 saturated heterocycles. The van der Waals surface area contributed by atoms with Gasteiger partial charge in [-0.25, -0.2) is 4.79 Å². The fourth-order valence-electron chi connectivity index (χ4n) is 4.53. The largest absolute Gasteiger partial charge is 0.363 e. The van der Waals surface area contributed by atoms with Crippen molar-refractivity contribution in [2.24, 2.45) is 34.3 Å². The van der Waals surface area contributed by atoms with E-state index in [1.165, 1.54) is 20.8 Å². The summed E-state index contributed by atoms with van der Waals surface area (Å²) >= 11 is 0. The Morgan fingerprint density at radius 1 is 1.14 bits per heavy atom. The molecule has 0 radical (unpaired) electrons. The zero-order valence-electron chi connectivity index (χ0n) is 38.8. The van der Waals surface area contributed by atoms with E-state index in [2.05, 4.69) is 5.32 Å². The number of primary amides is 1. The number of carbonyl (C=O) groups is 5. The molecule has 2 aliphatic carbocycles. The van der Waals surface area contributed by atoms with E-state index >= 15 is 0 Å². The summed E-state index contributed by atoms with van der Waals surface area (Å²) in [6, 6.07) is -10.7. The maximum absolute atomic E-state index is 14.8. The summed E-state index contributed by atoms with van der Waals surface area (Å²) < 4.78 is 149. The second-order valence-corrected chi connectivity index (χ2v) is 10.9. The number of amides is 5. The molecule has 3 fully saturated rings. The monoisotopic (exact) mass is 537 g/mol. The highest BCUT2D eigenvalue weighted by atomic mass is 16.2. The number of nitrogens with two attached hydrogens (primary N) is 1. The number of hydrogen-bond acceptors (Lipinski definition) is 5. The number of urea groups is 1. The van der Waals surface area contributed by atoms with Gasteiger partial charge in [-0.3, -0.25) is 19.2 Å². The maximum Gasteiger partial charge on any atom is 0.315 e. The van der Waals surface area contributed by atoms with E-state index in [4.69, 9.17) is 30.4 Å². The molecule has 0 spiro atoms. The van der Waals surface area contributed by atoms with E-state index < -0.39 is 129 Å². The lowest BCUT2D eigenvalue weighted by molar-refractivity contribution is -0.145. The van der Waals surface area contributed by atoms with E-state index in [9.17, 15) is 24.0 Å². The topological polar surface area (TPSA) is 151 Å². The van der Waals surface area contributed by atoms with E-state index in [-0.39, 0.29) is 17.7 Å². The van der Waals surface area contributed by atoms with E-state index in [0.29, 0.717) is 6.42 Å². The van der Waals surface area contributed by atoms with Gasteiger partial charge in [0.25, 0.3) is 5.91 Å². The van der Waals surface area contributed by atoms with Crippen molar-refractivity contribution in [2.75, 3.05) is 6.54 Å². The SMILES string of the molecule is [2H]C([2H])([2H])C1(C([2H])([2H])[2H])[C@@H]2[C@@H](C(=O)N[C@@]([2H])(C(=O)C(N)=O)C([2H])([2H])C3CCC3)N(C(=O)[C@@H](NC(=O)NC(C)(C)C)C(C([2H])([2H])[2H])(C([2H])([2H])[2H])C([2H])([2H])[2H])C[C@@H]21. The number of Topliss-reactive ketones (excluding diaryl/α,β-unsaturated/α-hetero) is 1. The number of nitrogens with zero attached hydrogens (tertiary/aromatic N) is 1. The molecule has 37 heavy (non-hydrogen) atoms. The molecule has 0 aromatic carbocycles. The fraction of sp³-hybridized carbons (Fsp3) is 0.815. The van der Waals surface area contributed by atoms with Crippen LogP contribution in [0.2, 0.25) is 0 Å². The van der Waals surface area contributed by atoms with Crippen LogP contribution in [0, 0.1) is 28.6 Å². The summed E-state index contributed by atoms with van der Waals surface area (Å²) in [4.78, 5) is 68.1. The molecule has 1 heterocycles. The van der Waals surface area contributed by atoms with Crippen LogP contribution in [0.5, 0.6) is 0 Å². The average Bonchev–Trinajstić information content (AvgIpc) is 3.41. The van der Waals surface area contributed by atoms with E-state index in [1.807, 2.05) is 5.32 Å². The van der Waals surface area contributed by atoms with Gasteiger partial charge in [0.05, 0.1) is 7.39 Å². The second kappa shape index (κ2) is 9.91. The molecule has 2 saturated carbocycles.